The minimum atomic E-state index is 0.784. The maximum absolute atomic E-state index is 3.61. The summed E-state index contributed by atoms with van der Waals surface area (Å²) in [5.41, 5.74) is 0. The highest BCUT2D eigenvalue weighted by molar-refractivity contribution is 4.81. The van der Waals surface area contributed by atoms with E-state index in [4.69, 9.17) is 0 Å². The molecule has 1 saturated carbocycles. The third-order valence-electron chi connectivity index (χ3n) is 3.69. The van der Waals surface area contributed by atoms with Crippen LogP contribution in [0.3, 0.4) is 0 Å². The quantitative estimate of drug-likeness (QED) is 0.590. The first-order chi connectivity index (χ1) is 8.17. The molecule has 0 unspecified atom stereocenters. The molecule has 1 aliphatic rings. The van der Waals surface area contributed by atoms with Crippen LogP contribution in [0.2, 0.25) is 0 Å². The monoisotopic (exact) mass is 240 g/mol. The van der Waals surface area contributed by atoms with E-state index in [1.54, 1.807) is 0 Å². The predicted octanol–water partition coefficient (Wildman–Crippen LogP) is 3.28. The molecule has 102 valence electrons. The van der Waals surface area contributed by atoms with Gasteiger partial charge in [0, 0.05) is 18.6 Å². The second-order valence-corrected chi connectivity index (χ2v) is 5.94. The molecule has 1 fully saturated rings. The van der Waals surface area contributed by atoms with Crippen molar-refractivity contribution in [2.75, 3.05) is 19.6 Å². The average Bonchev–Trinajstić information content (AvgIpc) is 3.08. The van der Waals surface area contributed by atoms with Crippen LogP contribution in [-0.4, -0.2) is 36.6 Å². The standard InChI is InChI=1S/C15H32N2/c1-5-15(6-2)17(12-13(3)4)11-7-10-16-14-8-9-14/h13-16H,5-12H2,1-4H3. The molecule has 2 heteroatoms. The average molecular weight is 240 g/mol. The molecule has 2 nitrogen and oxygen atoms in total. The zero-order valence-electron chi connectivity index (χ0n) is 12.3. The van der Waals surface area contributed by atoms with Gasteiger partial charge in [-0.25, -0.2) is 0 Å². The molecule has 1 aliphatic carbocycles. The summed E-state index contributed by atoms with van der Waals surface area (Å²) in [7, 11) is 0. The Kier molecular flexibility index (Phi) is 7.14. The first-order valence-corrected chi connectivity index (χ1v) is 7.64. The first-order valence-electron chi connectivity index (χ1n) is 7.64. The Balaban J connectivity index is 2.22. The van der Waals surface area contributed by atoms with Crippen molar-refractivity contribution in [1.82, 2.24) is 10.2 Å². The van der Waals surface area contributed by atoms with E-state index in [1.807, 2.05) is 0 Å². The number of hydrogen-bond acceptors (Lipinski definition) is 2. The van der Waals surface area contributed by atoms with Gasteiger partial charge in [-0.1, -0.05) is 27.7 Å². The summed E-state index contributed by atoms with van der Waals surface area (Å²) in [4.78, 5) is 2.71. The molecule has 0 amide bonds. The molecule has 0 saturated heterocycles. The Morgan fingerprint density at radius 3 is 2.29 bits per heavy atom. The van der Waals surface area contributed by atoms with Crippen molar-refractivity contribution in [3.8, 4) is 0 Å². The van der Waals surface area contributed by atoms with E-state index in [0.29, 0.717) is 0 Å². The number of nitrogens with zero attached hydrogens (tertiary/aromatic N) is 1. The highest BCUT2D eigenvalue weighted by Crippen LogP contribution is 2.18. The molecule has 1 rings (SSSR count). The summed E-state index contributed by atoms with van der Waals surface area (Å²) < 4.78 is 0. The molecule has 0 aliphatic heterocycles. The van der Waals surface area contributed by atoms with Crippen molar-refractivity contribution >= 4 is 0 Å². The molecular formula is C15H32N2. The minimum Gasteiger partial charge on any atom is -0.314 e. The molecule has 0 atom stereocenters. The van der Waals surface area contributed by atoms with E-state index in [9.17, 15) is 0 Å². The summed E-state index contributed by atoms with van der Waals surface area (Å²) in [5.74, 6) is 0.784. The summed E-state index contributed by atoms with van der Waals surface area (Å²) in [6, 6.07) is 1.65. The number of rotatable bonds is 10. The van der Waals surface area contributed by atoms with Crippen molar-refractivity contribution in [3.05, 3.63) is 0 Å². The Morgan fingerprint density at radius 2 is 1.82 bits per heavy atom. The lowest BCUT2D eigenvalue weighted by atomic mass is 10.1. The highest BCUT2D eigenvalue weighted by atomic mass is 15.2. The lowest BCUT2D eigenvalue weighted by molar-refractivity contribution is 0.163. The Labute approximate surface area is 108 Å². The topological polar surface area (TPSA) is 15.3 Å². The molecular weight excluding hydrogens is 208 g/mol. The van der Waals surface area contributed by atoms with Crippen LogP contribution in [-0.2, 0) is 0 Å². The molecule has 0 radical (unpaired) electrons. The lowest BCUT2D eigenvalue weighted by Crippen LogP contribution is -2.39. The second kappa shape index (κ2) is 8.10. The summed E-state index contributed by atoms with van der Waals surface area (Å²) in [5, 5.41) is 3.61. The van der Waals surface area contributed by atoms with Crippen molar-refractivity contribution in [3.63, 3.8) is 0 Å². The van der Waals surface area contributed by atoms with Crippen LogP contribution in [0.5, 0.6) is 0 Å². The third kappa shape index (κ3) is 6.42. The molecule has 17 heavy (non-hydrogen) atoms. The predicted molar refractivity (Wildman–Crippen MR) is 76.4 cm³/mol. The fourth-order valence-electron chi connectivity index (χ4n) is 2.57. The lowest BCUT2D eigenvalue weighted by Gasteiger charge is -2.32. The van der Waals surface area contributed by atoms with Crippen LogP contribution in [0.25, 0.3) is 0 Å². The Bertz CT molecular complexity index is 183. The fraction of sp³-hybridized carbons (Fsp3) is 1.00. The zero-order chi connectivity index (χ0) is 12.7. The molecule has 0 heterocycles. The van der Waals surface area contributed by atoms with Gasteiger partial charge in [0.25, 0.3) is 0 Å². The van der Waals surface area contributed by atoms with Gasteiger partial charge >= 0.3 is 0 Å². The van der Waals surface area contributed by atoms with Crippen LogP contribution in [0.15, 0.2) is 0 Å². The summed E-state index contributed by atoms with van der Waals surface area (Å²) in [6.07, 6.45) is 6.70. The highest BCUT2D eigenvalue weighted by Gasteiger charge is 2.20. The van der Waals surface area contributed by atoms with E-state index in [1.165, 1.54) is 51.7 Å². The molecule has 0 aromatic heterocycles. The molecule has 0 aromatic carbocycles. The third-order valence-corrected chi connectivity index (χ3v) is 3.69. The smallest absolute Gasteiger partial charge is 0.00901 e. The maximum atomic E-state index is 3.61. The van der Waals surface area contributed by atoms with Crippen LogP contribution in [0.1, 0.15) is 59.8 Å². The van der Waals surface area contributed by atoms with Crippen molar-refractivity contribution in [2.24, 2.45) is 5.92 Å². The van der Waals surface area contributed by atoms with Crippen LogP contribution in [0.4, 0.5) is 0 Å². The summed E-state index contributed by atoms with van der Waals surface area (Å²) in [6.45, 7) is 13.0. The van der Waals surface area contributed by atoms with Gasteiger partial charge in [-0.2, -0.15) is 0 Å². The van der Waals surface area contributed by atoms with Crippen molar-refractivity contribution in [1.29, 1.82) is 0 Å². The minimum absolute atomic E-state index is 0.784. The van der Waals surface area contributed by atoms with Gasteiger partial charge in [-0.15, -0.1) is 0 Å². The van der Waals surface area contributed by atoms with E-state index < -0.39 is 0 Å². The molecule has 0 bridgehead atoms. The van der Waals surface area contributed by atoms with Crippen LogP contribution < -0.4 is 5.32 Å². The molecule has 0 aromatic rings. The van der Waals surface area contributed by atoms with Crippen LogP contribution in [0, 0.1) is 5.92 Å². The van der Waals surface area contributed by atoms with E-state index in [-0.39, 0.29) is 0 Å². The first kappa shape index (κ1) is 15.0. The Morgan fingerprint density at radius 1 is 1.18 bits per heavy atom. The van der Waals surface area contributed by atoms with Gasteiger partial charge in [-0.3, -0.25) is 0 Å². The zero-order valence-corrected chi connectivity index (χ0v) is 12.3. The van der Waals surface area contributed by atoms with Gasteiger partial charge in [-0.05, 0) is 51.1 Å². The number of nitrogens with one attached hydrogen (secondary N) is 1. The van der Waals surface area contributed by atoms with E-state index in [0.717, 1.165) is 18.0 Å². The van der Waals surface area contributed by atoms with Gasteiger partial charge in [0.1, 0.15) is 0 Å². The van der Waals surface area contributed by atoms with E-state index in [2.05, 4.69) is 37.9 Å². The normalized spacial score (nSPS) is 16.4. The number of hydrogen-bond donors (Lipinski definition) is 1. The second-order valence-electron chi connectivity index (χ2n) is 5.94. The van der Waals surface area contributed by atoms with E-state index >= 15 is 0 Å². The SMILES string of the molecule is CCC(CC)N(CCCNC1CC1)CC(C)C. The van der Waals surface area contributed by atoms with Gasteiger partial charge in [0.15, 0.2) is 0 Å². The molecule has 0 spiro atoms. The van der Waals surface area contributed by atoms with Crippen LogP contribution >= 0.6 is 0 Å². The fourth-order valence-corrected chi connectivity index (χ4v) is 2.57. The van der Waals surface area contributed by atoms with Gasteiger partial charge < -0.3 is 10.2 Å². The van der Waals surface area contributed by atoms with Gasteiger partial charge in [0.05, 0.1) is 0 Å². The summed E-state index contributed by atoms with van der Waals surface area (Å²) >= 11 is 0. The largest absolute Gasteiger partial charge is 0.314 e. The van der Waals surface area contributed by atoms with Crippen molar-refractivity contribution < 1.29 is 0 Å². The molecule has 1 N–H and O–H groups in total. The Hall–Kier alpha value is -0.0800. The van der Waals surface area contributed by atoms with Crippen molar-refractivity contribution in [2.45, 2.75) is 71.9 Å². The van der Waals surface area contributed by atoms with Gasteiger partial charge in [0.2, 0.25) is 0 Å². The maximum Gasteiger partial charge on any atom is 0.00901 e.